The van der Waals surface area contributed by atoms with Gasteiger partial charge in [-0.2, -0.15) is 0 Å². The average Bonchev–Trinajstić information content (AvgIpc) is 2.42. The zero-order chi connectivity index (χ0) is 14.8. The molecule has 0 aliphatic carbocycles. The van der Waals surface area contributed by atoms with Gasteiger partial charge in [0.05, 0.1) is 0 Å². The molecule has 3 N–H and O–H groups in total. The van der Waals surface area contributed by atoms with Crippen LogP contribution in [0.15, 0.2) is 24.3 Å². The molecule has 0 heterocycles. The molecule has 0 fully saturated rings. The van der Waals surface area contributed by atoms with E-state index < -0.39 is 0 Å². The molecular formula is C14H19ClN2O3. The molecule has 1 aromatic rings. The Bertz CT molecular complexity index is 452. The molecule has 20 heavy (non-hydrogen) atoms. The molecule has 0 bridgehead atoms. The molecule has 2 amide bonds. The Labute approximate surface area is 123 Å². The molecule has 5 nitrogen and oxygen atoms in total. The maximum Gasteiger partial charge on any atom is 0.243 e. The van der Waals surface area contributed by atoms with Crippen molar-refractivity contribution >= 4 is 29.1 Å². The Morgan fingerprint density at radius 1 is 1.05 bits per heavy atom. The summed E-state index contributed by atoms with van der Waals surface area (Å²) >= 11 is 5.83. The van der Waals surface area contributed by atoms with Crippen molar-refractivity contribution in [3.63, 3.8) is 0 Å². The number of hydrogen-bond acceptors (Lipinski definition) is 3. The van der Waals surface area contributed by atoms with E-state index in [1.807, 2.05) is 0 Å². The minimum absolute atomic E-state index is 0.0413. The normalized spacial score (nSPS) is 10.1. The lowest BCUT2D eigenvalue weighted by Gasteiger charge is -2.05. The number of halogens is 1. The minimum atomic E-state index is -0.372. The Morgan fingerprint density at radius 3 is 2.30 bits per heavy atom. The molecule has 0 aromatic heterocycles. The monoisotopic (exact) mass is 298 g/mol. The molecule has 1 aromatic carbocycles. The number of rotatable bonds is 8. The van der Waals surface area contributed by atoms with Crippen LogP contribution in [-0.2, 0) is 9.59 Å². The van der Waals surface area contributed by atoms with Gasteiger partial charge in [0.1, 0.15) is 0 Å². The lowest BCUT2D eigenvalue weighted by molar-refractivity contribution is -0.129. The molecule has 0 spiro atoms. The van der Waals surface area contributed by atoms with Crippen LogP contribution in [-0.4, -0.2) is 17.0 Å². The van der Waals surface area contributed by atoms with Gasteiger partial charge < -0.3 is 5.32 Å². The van der Waals surface area contributed by atoms with Gasteiger partial charge in [0.15, 0.2) is 0 Å². The highest BCUT2D eigenvalue weighted by Crippen LogP contribution is 2.15. The molecule has 0 saturated heterocycles. The first-order chi connectivity index (χ1) is 9.61. The van der Waals surface area contributed by atoms with Crippen LogP contribution in [0, 0.1) is 0 Å². The van der Waals surface area contributed by atoms with Crippen molar-refractivity contribution in [3.05, 3.63) is 29.3 Å². The number of amides is 2. The van der Waals surface area contributed by atoms with Gasteiger partial charge in [-0.3, -0.25) is 14.8 Å². The molecule has 0 unspecified atom stereocenters. The fourth-order valence-electron chi connectivity index (χ4n) is 1.77. The molecule has 110 valence electrons. The molecule has 0 aliphatic rings. The maximum absolute atomic E-state index is 11.7. The molecular weight excluding hydrogens is 280 g/mol. The van der Waals surface area contributed by atoms with Gasteiger partial charge >= 0.3 is 0 Å². The largest absolute Gasteiger partial charge is 0.326 e. The average molecular weight is 299 g/mol. The van der Waals surface area contributed by atoms with E-state index >= 15 is 0 Å². The van der Waals surface area contributed by atoms with E-state index in [2.05, 4.69) is 5.32 Å². The summed E-state index contributed by atoms with van der Waals surface area (Å²) in [5.74, 6) is -0.413. The van der Waals surface area contributed by atoms with Crippen molar-refractivity contribution in [1.29, 1.82) is 0 Å². The van der Waals surface area contributed by atoms with Crippen molar-refractivity contribution in [3.8, 4) is 0 Å². The van der Waals surface area contributed by atoms with E-state index in [1.54, 1.807) is 29.7 Å². The van der Waals surface area contributed by atoms with E-state index in [9.17, 15) is 9.59 Å². The summed E-state index contributed by atoms with van der Waals surface area (Å²) in [4.78, 5) is 22.4. The SMILES string of the molecule is O=C(CCCCCCC(=O)Nc1cccc(Cl)c1)NO. The maximum atomic E-state index is 11.7. The number of nitrogens with one attached hydrogen (secondary N) is 2. The second-order valence-corrected chi connectivity index (χ2v) is 4.94. The van der Waals surface area contributed by atoms with Crippen molar-refractivity contribution in [2.45, 2.75) is 38.5 Å². The molecule has 0 aliphatic heterocycles. The van der Waals surface area contributed by atoms with Crippen LogP contribution >= 0.6 is 11.6 Å². The van der Waals surface area contributed by atoms with E-state index in [4.69, 9.17) is 16.8 Å². The van der Waals surface area contributed by atoms with Crippen LogP contribution in [0.3, 0.4) is 0 Å². The lowest BCUT2D eigenvalue weighted by Crippen LogP contribution is -2.17. The Balaban J connectivity index is 2.10. The minimum Gasteiger partial charge on any atom is -0.326 e. The van der Waals surface area contributed by atoms with E-state index in [0.29, 0.717) is 30.0 Å². The topological polar surface area (TPSA) is 78.4 Å². The number of unbranched alkanes of at least 4 members (excludes halogenated alkanes) is 3. The third-order valence-electron chi connectivity index (χ3n) is 2.79. The first kappa shape index (κ1) is 16.5. The first-order valence-electron chi connectivity index (χ1n) is 6.60. The Hall–Kier alpha value is -1.59. The zero-order valence-electron chi connectivity index (χ0n) is 11.2. The van der Waals surface area contributed by atoms with Crippen LogP contribution in [0.4, 0.5) is 5.69 Å². The van der Waals surface area contributed by atoms with Crippen LogP contribution in [0.5, 0.6) is 0 Å². The second kappa shape index (κ2) is 9.34. The summed E-state index contributed by atoms with van der Waals surface area (Å²) < 4.78 is 0. The number of hydroxylamine groups is 1. The molecule has 0 radical (unpaired) electrons. The zero-order valence-corrected chi connectivity index (χ0v) is 11.9. The summed E-state index contributed by atoms with van der Waals surface area (Å²) in [6.07, 6.45) is 3.97. The number of hydrogen-bond donors (Lipinski definition) is 3. The van der Waals surface area contributed by atoms with Crippen molar-refractivity contribution in [2.24, 2.45) is 0 Å². The molecule has 0 saturated carbocycles. The van der Waals surface area contributed by atoms with Crippen molar-refractivity contribution in [1.82, 2.24) is 5.48 Å². The molecule has 0 atom stereocenters. The highest BCUT2D eigenvalue weighted by atomic mass is 35.5. The van der Waals surface area contributed by atoms with Crippen LogP contribution in [0.25, 0.3) is 0 Å². The number of benzene rings is 1. The fourth-order valence-corrected chi connectivity index (χ4v) is 1.96. The number of anilines is 1. The fraction of sp³-hybridized carbons (Fsp3) is 0.429. The lowest BCUT2D eigenvalue weighted by atomic mass is 10.1. The van der Waals surface area contributed by atoms with Gasteiger partial charge in [0, 0.05) is 23.6 Å². The smallest absolute Gasteiger partial charge is 0.243 e. The third-order valence-corrected chi connectivity index (χ3v) is 3.03. The van der Waals surface area contributed by atoms with E-state index in [-0.39, 0.29) is 11.8 Å². The van der Waals surface area contributed by atoms with Gasteiger partial charge in [-0.1, -0.05) is 30.5 Å². The molecule has 1 rings (SSSR count). The van der Waals surface area contributed by atoms with Crippen LogP contribution < -0.4 is 10.8 Å². The van der Waals surface area contributed by atoms with E-state index in [1.165, 1.54) is 0 Å². The Kier molecular flexibility index (Phi) is 7.69. The van der Waals surface area contributed by atoms with Gasteiger partial charge in [-0.05, 0) is 31.0 Å². The molecule has 6 heteroatoms. The number of carbonyl (C=O) groups excluding carboxylic acids is 2. The predicted octanol–water partition coefficient (Wildman–Crippen LogP) is 3.12. The van der Waals surface area contributed by atoms with Crippen LogP contribution in [0.2, 0.25) is 5.02 Å². The summed E-state index contributed by atoms with van der Waals surface area (Å²) in [6, 6.07) is 7.02. The third kappa shape index (κ3) is 7.11. The van der Waals surface area contributed by atoms with E-state index in [0.717, 1.165) is 19.3 Å². The quantitative estimate of drug-likeness (QED) is 0.392. The number of carbonyl (C=O) groups is 2. The van der Waals surface area contributed by atoms with Gasteiger partial charge in [0.2, 0.25) is 11.8 Å². The predicted molar refractivity (Wildman–Crippen MR) is 77.7 cm³/mol. The van der Waals surface area contributed by atoms with Gasteiger partial charge in [-0.15, -0.1) is 0 Å². The van der Waals surface area contributed by atoms with Crippen LogP contribution in [0.1, 0.15) is 38.5 Å². The summed E-state index contributed by atoms with van der Waals surface area (Å²) in [7, 11) is 0. The Morgan fingerprint density at radius 2 is 1.70 bits per heavy atom. The van der Waals surface area contributed by atoms with Gasteiger partial charge in [0.25, 0.3) is 0 Å². The van der Waals surface area contributed by atoms with Crippen molar-refractivity contribution in [2.75, 3.05) is 5.32 Å². The second-order valence-electron chi connectivity index (χ2n) is 4.51. The summed E-state index contributed by atoms with van der Waals surface area (Å²) in [6.45, 7) is 0. The first-order valence-corrected chi connectivity index (χ1v) is 6.98. The standard InChI is InChI=1S/C14H19ClN2O3/c15-11-6-5-7-12(10-11)16-13(18)8-3-1-2-4-9-14(19)17-20/h5-7,10,20H,1-4,8-9H2,(H,16,18)(H,17,19). The summed E-state index contributed by atoms with van der Waals surface area (Å²) in [5.41, 5.74) is 2.29. The summed E-state index contributed by atoms with van der Waals surface area (Å²) in [5, 5.41) is 11.7. The highest BCUT2D eigenvalue weighted by molar-refractivity contribution is 6.30. The van der Waals surface area contributed by atoms with Crippen molar-refractivity contribution < 1.29 is 14.8 Å². The van der Waals surface area contributed by atoms with Gasteiger partial charge in [-0.25, -0.2) is 5.48 Å². The highest BCUT2D eigenvalue weighted by Gasteiger charge is 2.03.